The first-order valence-electron chi connectivity index (χ1n) is 6.63. The second-order valence-electron chi connectivity index (χ2n) is 5.43. The topological polar surface area (TPSA) is 73.1 Å². The van der Waals surface area contributed by atoms with Crippen molar-refractivity contribution in [2.75, 3.05) is 12.0 Å². The average molecular weight is 308 g/mol. The van der Waals surface area contributed by atoms with E-state index in [1.807, 2.05) is 0 Å². The van der Waals surface area contributed by atoms with Gasteiger partial charge in [-0.3, -0.25) is 0 Å². The molecule has 0 saturated heterocycles. The lowest BCUT2D eigenvalue weighted by molar-refractivity contribution is -0.0200. The minimum absolute atomic E-state index is 0.0766. The van der Waals surface area contributed by atoms with Gasteiger partial charge in [-0.15, -0.1) is 0 Å². The molecule has 0 bridgehead atoms. The zero-order valence-electron chi connectivity index (χ0n) is 11.3. The molecule has 1 unspecified atom stereocenters. The van der Waals surface area contributed by atoms with E-state index in [9.17, 15) is 17.2 Å². The highest BCUT2D eigenvalue weighted by Gasteiger charge is 2.37. The average Bonchev–Trinajstić information content (AvgIpc) is 2.71. The van der Waals surface area contributed by atoms with Crippen LogP contribution in [0.4, 0.5) is 8.78 Å². The van der Waals surface area contributed by atoms with Gasteiger partial charge in [0.25, 0.3) is 0 Å². The van der Waals surface area contributed by atoms with E-state index >= 15 is 0 Å². The maximum atomic E-state index is 13.5. The van der Waals surface area contributed by atoms with Gasteiger partial charge in [-0.1, -0.05) is 11.6 Å². The van der Waals surface area contributed by atoms with Crippen LogP contribution in [-0.4, -0.2) is 36.5 Å². The zero-order chi connectivity index (χ0) is 14.8. The molecule has 20 heavy (non-hydrogen) atoms. The van der Waals surface area contributed by atoms with Crippen LogP contribution in [0.2, 0.25) is 0 Å². The fourth-order valence-electron chi connectivity index (χ4n) is 2.36. The Balaban J connectivity index is 2.04. The van der Waals surface area contributed by atoms with Crippen molar-refractivity contribution < 1.29 is 21.7 Å². The number of aromatic nitrogens is 2. The Kier molecular flexibility index (Phi) is 4.41. The summed E-state index contributed by atoms with van der Waals surface area (Å²) in [4.78, 5) is 4.07. The fourth-order valence-corrected chi connectivity index (χ4v) is 2.91. The lowest BCUT2D eigenvalue weighted by atomic mass is 9.99. The summed E-state index contributed by atoms with van der Waals surface area (Å²) in [7, 11) is -3.10. The number of hydrogen-bond acceptors (Lipinski definition) is 5. The molecule has 114 valence electrons. The van der Waals surface area contributed by atoms with Gasteiger partial charge in [-0.2, -0.15) is 4.98 Å². The Morgan fingerprint density at radius 2 is 2.15 bits per heavy atom. The van der Waals surface area contributed by atoms with Crippen molar-refractivity contribution in [2.24, 2.45) is 0 Å². The van der Waals surface area contributed by atoms with Crippen molar-refractivity contribution in [3.05, 3.63) is 11.7 Å². The standard InChI is InChI=1S/C12H18F2N2O3S/c1-20(17,18)7-5-10-15-11(19-16-10)9-4-2-3-6-12(13,14)8-9/h9H,2-8H2,1H3. The molecule has 1 aliphatic rings. The lowest BCUT2D eigenvalue weighted by Crippen LogP contribution is -2.17. The molecular formula is C12H18F2N2O3S. The highest BCUT2D eigenvalue weighted by molar-refractivity contribution is 7.90. The van der Waals surface area contributed by atoms with Crippen molar-refractivity contribution in [1.29, 1.82) is 0 Å². The van der Waals surface area contributed by atoms with Crippen LogP contribution >= 0.6 is 0 Å². The summed E-state index contributed by atoms with van der Waals surface area (Å²) in [5.41, 5.74) is 0. The van der Waals surface area contributed by atoms with E-state index in [2.05, 4.69) is 10.1 Å². The van der Waals surface area contributed by atoms with Gasteiger partial charge in [0.1, 0.15) is 9.84 Å². The Hall–Kier alpha value is -1.05. The summed E-state index contributed by atoms with van der Waals surface area (Å²) >= 11 is 0. The molecule has 1 fully saturated rings. The van der Waals surface area contributed by atoms with Crippen molar-refractivity contribution in [3.63, 3.8) is 0 Å². The molecule has 1 aliphatic carbocycles. The van der Waals surface area contributed by atoms with Crippen LogP contribution in [0.5, 0.6) is 0 Å². The first kappa shape index (κ1) is 15.3. The van der Waals surface area contributed by atoms with E-state index in [0.717, 1.165) is 6.26 Å². The second kappa shape index (κ2) is 5.75. The molecule has 0 aliphatic heterocycles. The minimum Gasteiger partial charge on any atom is -0.339 e. The van der Waals surface area contributed by atoms with Crippen LogP contribution in [0.15, 0.2) is 4.52 Å². The molecule has 0 radical (unpaired) electrons. The number of nitrogens with zero attached hydrogens (tertiary/aromatic N) is 2. The molecule has 1 atom stereocenters. The van der Waals surface area contributed by atoms with Gasteiger partial charge < -0.3 is 4.52 Å². The van der Waals surface area contributed by atoms with E-state index in [1.165, 1.54) is 0 Å². The lowest BCUT2D eigenvalue weighted by Gasteiger charge is -2.16. The first-order chi connectivity index (χ1) is 9.25. The van der Waals surface area contributed by atoms with E-state index in [4.69, 9.17) is 4.52 Å². The Morgan fingerprint density at radius 1 is 1.40 bits per heavy atom. The largest absolute Gasteiger partial charge is 0.339 e. The molecule has 0 spiro atoms. The van der Waals surface area contributed by atoms with Gasteiger partial charge in [0.05, 0.1) is 5.75 Å². The molecule has 0 amide bonds. The highest BCUT2D eigenvalue weighted by Crippen LogP contribution is 2.39. The van der Waals surface area contributed by atoms with Gasteiger partial charge in [0.15, 0.2) is 5.82 Å². The molecule has 1 aromatic rings. The van der Waals surface area contributed by atoms with Crippen LogP contribution in [-0.2, 0) is 16.3 Å². The Bertz CT molecular complexity index is 557. The van der Waals surface area contributed by atoms with Gasteiger partial charge in [-0.05, 0) is 12.8 Å². The number of rotatable bonds is 4. The van der Waals surface area contributed by atoms with E-state index in [-0.39, 0.29) is 36.7 Å². The van der Waals surface area contributed by atoms with Gasteiger partial charge in [-0.25, -0.2) is 17.2 Å². The summed E-state index contributed by atoms with van der Waals surface area (Å²) in [6.07, 6.45) is 2.70. The fraction of sp³-hybridized carbons (Fsp3) is 0.833. The molecule has 2 rings (SSSR count). The number of halogens is 2. The SMILES string of the molecule is CS(=O)(=O)CCc1noc(C2CCCCC(F)(F)C2)n1. The van der Waals surface area contributed by atoms with Crippen LogP contribution < -0.4 is 0 Å². The molecule has 1 heterocycles. The maximum absolute atomic E-state index is 13.5. The highest BCUT2D eigenvalue weighted by atomic mass is 32.2. The third-order valence-corrected chi connectivity index (χ3v) is 4.37. The monoisotopic (exact) mass is 308 g/mol. The summed E-state index contributed by atoms with van der Waals surface area (Å²) in [5.74, 6) is -2.74. The normalized spacial score (nSPS) is 23.4. The number of hydrogen-bond donors (Lipinski definition) is 0. The van der Waals surface area contributed by atoms with Crippen molar-refractivity contribution in [2.45, 2.75) is 50.4 Å². The molecule has 1 saturated carbocycles. The third kappa shape index (κ3) is 4.50. The van der Waals surface area contributed by atoms with Crippen molar-refractivity contribution in [1.82, 2.24) is 10.1 Å². The smallest absolute Gasteiger partial charge is 0.248 e. The molecule has 5 nitrogen and oxygen atoms in total. The van der Waals surface area contributed by atoms with Gasteiger partial charge in [0, 0.05) is 31.4 Å². The van der Waals surface area contributed by atoms with Gasteiger partial charge in [0.2, 0.25) is 11.8 Å². The molecule has 1 aromatic heterocycles. The summed E-state index contributed by atoms with van der Waals surface area (Å²) in [5, 5.41) is 3.68. The van der Waals surface area contributed by atoms with E-state index < -0.39 is 21.7 Å². The predicted octanol–water partition coefficient (Wildman–Crippen LogP) is 2.34. The third-order valence-electron chi connectivity index (χ3n) is 3.42. The molecule has 0 N–H and O–H groups in total. The zero-order valence-corrected chi connectivity index (χ0v) is 12.1. The van der Waals surface area contributed by atoms with Gasteiger partial charge >= 0.3 is 0 Å². The maximum Gasteiger partial charge on any atom is 0.248 e. The quantitative estimate of drug-likeness (QED) is 0.798. The number of sulfone groups is 1. The number of aryl methyl sites for hydroxylation is 1. The number of alkyl halides is 2. The second-order valence-corrected chi connectivity index (χ2v) is 7.69. The van der Waals surface area contributed by atoms with Crippen LogP contribution in [0.25, 0.3) is 0 Å². The minimum atomic E-state index is -3.10. The molecule has 0 aromatic carbocycles. The summed E-state index contributed by atoms with van der Waals surface area (Å²) < 4.78 is 54.2. The van der Waals surface area contributed by atoms with E-state index in [1.54, 1.807) is 0 Å². The molecular weight excluding hydrogens is 290 g/mol. The van der Waals surface area contributed by atoms with Crippen molar-refractivity contribution >= 4 is 9.84 Å². The van der Waals surface area contributed by atoms with Crippen molar-refractivity contribution in [3.8, 4) is 0 Å². The Labute approximate surface area is 116 Å². The van der Waals surface area contributed by atoms with Crippen LogP contribution in [0.3, 0.4) is 0 Å². The van der Waals surface area contributed by atoms with Crippen LogP contribution in [0, 0.1) is 0 Å². The van der Waals surface area contributed by atoms with E-state index in [0.29, 0.717) is 19.3 Å². The van der Waals surface area contributed by atoms with Crippen LogP contribution in [0.1, 0.15) is 49.7 Å². The summed E-state index contributed by atoms with van der Waals surface area (Å²) in [6, 6.07) is 0. The predicted molar refractivity (Wildman–Crippen MR) is 68.5 cm³/mol. The Morgan fingerprint density at radius 3 is 2.85 bits per heavy atom. The summed E-state index contributed by atoms with van der Waals surface area (Å²) in [6.45, 7) is 0. The first-order valence-corrected chi connectivity index (χ1v) is 8.69. The molecule has 8 heteroatoms.